The van der Waals surface area contributed by atoms with Gasteiger partial charge in [0.05, 0.1) is 35.1 Å². The molecule has 2 aromatic carbocycles. The Kier molecular flexibility index (Phi) is 4.12. The van der Waals surface area contributed by atoms with Crippen LogP contribution in [0.15, 0.2) is 60.7 Å². The highest BCUT2D eigenvalue weighted by molar-refractivity contribution is 6.05. The Labute approximate surface area is 166 Å². The minimum atomic E-state index is -0.421. The molecule has 4 aromatic rings. The van der Waals surface area contributed by atoms with Gasteiger partial charge in [0.1, 0.15) is 5.82 Å². The molecule has 1 saturated carbocycles. The standard InChI is InChI=1S/C23H18FN3O2/c1-29-23(28)18-13-19(14-5-3-2-4-6-14)25-22-20(18)21(15-7-8-15)26-27(22)17-11-9-16(24)10-12-17/h2-6,9-13,15H,7-8H2,1H3. The number of pyridine rings is 1. The number of carbonyl (C=O) groups excluding carboxylic acids is 1. The van der Waals surface area contributed by atoms with E-state index in [0.717, 1.165) is 24.1 Å². The Bertz CT molecular complexity index is 1210. The summed E-state index contributed by atoms with van der Waals surface area (Å²) < 4.78 is 20.2. The summed E-state index contributed by atoms with van der Waals surface area (Å²) in [5, 5.41) is 5.50. The van der Waals surface area contributed by atoms with Gasteiger partial charge in [-0.2, -0.15) is 5.10 Å². The number of aromatic nitrogens is 3. The van der Waals surface area contributed by atoms with Crippen LogP contribution in [-0.2, 0) is 4.74 Å². The summed E-state index contributed by atoms with van der Waals surface area (Å²) in [6, 6.07) is 17.5. The van der Waals surface area contributed by atoms with Crippen molar-refractivity contribution in [2.24, 2.45) is 0 Å². The number of carbonyl (C=O) groups is 1. The van der Waals surface area contributed by atoms with Crippen LogP contribution in [0.1, 0.15) is 34.8 Å². The van der Waals surface area contributed by atoms with E-state index >= 15 is 0 Å². The highest BCUT2D eigenvalue weighted by atomic mass is 19.1. The van der Waals surface area contributed by atoms with Gasteiger partial charge in [0.2, 0.25) is 0 Å². The lowest BCUT2D eigenvalue weighted by Gasteiger charge is -2.08. The molecular weight excluding hydrogens is 369 g/mol. The van der Waals surface area contributed by atoms with E-state index < -0.39 is 5.97 Å². The average Bonchev–Trinajstić information content (AvgIpc) is 3.54. The van der Waals surface area contributed by atoms with Crippen molar-refractivity contribution in [3.8, 4) is 16.9 Å². The summed E-state index contributed by atoms with van der Waals surface area (Å²) in [5.74, 6) is -0.442. The molecule has 0 spiro atoms. The Hall–Kier alpha value is -3.54. The van der Waals surface area contributed by atoms with Gasteiger partial charge in [-0.1, -0.05) is 30.3 Å². The lowest BCUT2D eigenvalue weighted by atomic mass is 10.0. The number of hydrogen-bond acceptors (Lipinski definition) is 4. The first-order valence-electron chi connectivity index (χ1n) is 9.49. The van der Waals surface area contributed by atoms with E-state index in [0.29, 0.717) is 33.9 Å². The van der Waals surface area contributed by atoms with Crippen LogP contribution in [0.5, 0.6) is 0 Å². The van der Waals surface area contributed by atoms with Crippen LogP contribution in [-0.4, -0.2) is 27.8 Å². The zero-order chi connectivity index (χ0) is 20.0. The Morgan fingerprint density at radius 1 is 1.10 bits per heavy atom. The molecule has 6 heteroatoms. The van der Waals surface area contributed by atoms with Gasteiger partial charge < -0.3 is 4.74 Å². The highest BCUT2D eigenvalue weighted by Gasteiger charge is 2.32. The van der Waals surface area contributed by atoms with E-state index in [2.05, 4.69) is 0 Å². The average molecular weight is 387 g/mol. The van der Waals surface area contributed by atoms with Gasteiger partial charge in [0.15, 0.2) is 5.65 Å². The van der Waals surface area contributed by atoms with Crippen LogP contribution < -0.4 is 0 Å². The fourth-order valence-electron chi connectivity index (χ4n) is 3.58. The minimum Gasteiger partial charge on any atom is -0.465 e. The van der Waals surface area contributed by atoms with Crippen LogP contribution in [0.2, 0.25) is 0 Å². The molecule has 0 radical (unpaired) electrons. The monoisotopic (exact) mass is 387 g/mol. The third-order valence-corrected chi connectivity index (χ3v) is 5.17. The molecular formula is C23H18FN3O2. The molecule has 0 amide bonds. The normalized spacial score (nSPS) is 13.6. The van der Waals surface area contributed by atoms with E-state index in [1.807, 2.05) is 30.3 Å². The summed E-state index contributed by atoms with van der Waals surface area (Å²) in [6.07, 6.45) is 2.05. The van der Waals surface area contributed by atoms with Gasteiger partial charge in [-0.05, 0) is 43.2 Å². The molecule has 2 aromatic heterocycles. The molecule has 0 N–H and O–H groups in total. The number of methoxy groups -OCH3 is 1. The molecule has 0 saturated heterocycles. The molecule has 2 heterocycles. The van der Waals surface area contributed by atoms with Gasteiger partial charge in [0.25, 0.3) is 0 Å². The maximum absolute atomic E-state index is 13.5. The molecule has 1 aliphatic carbocycles. The van der Waals surface area contributed by atoms with Gasteiger partial charge in [-0.15, -0.1) is 0 Å². The lowest BCUT2D eigenvalue weighted by molar-refractivity contribution is 0.0603. The number of fused-ring (bicyclic) bond motifs is 1. The number of nitrogens with zero attached hydrogens (tertiary/aromatic N) is 3. The van der Waals surface area contributed by atoms with Gasteiger partial charge in [-0.25, -0.2) is 18.9 Å². The second kappa shape index (κ2) is 6.81. The van der Waals surface area contributed by atoms with Crippen LogP contribution in [0.4, 0.5) is 4.39 Å². The number of rotatable bonds is 4. The third-order valence-electron chi connectivity index (χ3n) is 5.17. The van der Waals surface area contributed by atoms with Crippen molar-refractivity contribution in [3.63, 3.8) is 0 Å². The van der Waals surface area contributed by atoms with Crippen molar-refractivity contribution >= 4 is 17.0 Å². The van der Waals surface area contributed by atoms with Crippen LogP contribution >= 0.6 is 0 Å². The van der Waals surface area contributed by atoms with E-state index in [1.54, 1.807) is 22.9 Å². The molecule has 1 fully saturated rings. The molecule has 29 heavy (non-hydrogen) atoms. The SMILES string of the molecule is COC(=O)c1cc(-c2ccccc2)nc2c1c(C1CC1)nn2-c1ccc(F)cc1. The maximum atomic E-state index is 13.5. The van der Waals surface area contributed by atoms with E-state index in [4.69, 9.17) is 14.8 Å². The molecule has 0 bridgehead atoms. The number of esters is 1. The molecule has 0 unspecified atom stereocenters. The minimum absolute atomic E-state index is 0.298. The first-order chi connectivity index (χ1) is 14.2. The molecule has 1 aliphatic rings. The zero-order valence-electron chi connectivity index (χ0n) is 15.8. The second-order valence-corrected chi connectivity index (χ2v) is 7.16. The number of hydrogen-bond donors (Lipinski definition) is 0. The molecule has 144 valence electrons. The van der Waals surface area contributed by atoms with Gasteiger partial charge in [-0.3, -0.25) is 0 Å². The third kappa shape index (κ3) is 3.06. The smallest absolute Gasteiger partial charge is 0.338 e. The number of halogens is 1. The first kappa shape index (κ1) is 17.6. The Balaban J connectivity index is 1.83. The highest BCUT2D eigenvalue weighted by Crippen LogP contribution is 2.44. The molecule has 0 atom stereocenters. The summed E-state index contributed by atoms with van der Waals surface area (Å²) in [5.41, 5.74) is 4.10. The first-order valence-corrected chi connectivity index (χ1v) is 9.49. The Morgan fingerprint density at radius 3 is 2.48 bits per heavy atom. The largest absolute Gasteiger partial charge is 0.465 e. The number of ether oxygens (including phenoxy) is 1. The maximum Gasteiger partial charge on any atom is 0.338 e. The van der Waals surface area contributed by atoms with E-state index in [1.165, 1.54) is 19.2 Å². The molecule has 5 rings (SSSR count). The van der Waals surface area contributed by atoms with Crippen LogP contribution in [0.3, 0.4) is 0 Å². The predicted molar refractivity (Wildman–Crippen MR) is 108 cm³/mol. The summed E-state index contributed by atoms with van der Waals surface area (Å²) in [4.78, 5) is 17.5. The summed E-state index contributed by atoms with van der Waals surface area (Å²) >= 11 is 0. The quantitative estimate of drug-likeness (QED) is 0.468. The summed E-state index contributed by atoms with van der Waals surface area (Å²) in [7, 11) is 1.37. The Morgan fingerprint density at radius 2 is 1.83 bits per heavy atom. The van der Waals surface area contributed by atoms with Gasteiger partial charge >= 0.3 is 5.97 Å². The van der Waals surface area contributed by atoms with E-state index in [-0.39, 0.29) is 5.82 Å². The summed E-state index contributed by atoms with van der Waals surface area (Å²) in [6.45, 7) is 0. The molecule has 5 nitrogen and oxygen atoms in total. The lowest BCUT2D eigenvalue weighted by Crippen LogP contribution is -2.05. The fraction of sp³-hybridized carbons (Fsp3) is 0.174. The van der Waals surface area contributed by atoms with Crippen molar-refractivity contribution in [3.05, 3.63) is 77.7 Å². The topological polar surface area (TPSA) is 57.0 Å². The van der Waals surface area contributed by atoms with Crippen molar-refractivity contribution in [1.82, 2.24) is 14.8 Å². The zero-order valence-corrected chi connectivity index (χ0v) is 15.8. The van der Waals surface area contributed by atoms with Crippen molar-refractivity contribution in [2.45, 2.75) is 18.8 Å². The van der Waals surface area contributed by atoms with Crippen molar-refractivity contribution < 1.29 is 13.9 Å². The number of benzene rings is 2. The second-order valence-electron chi connectivity index (χ2n) is 7.16. The van der Waals surface area contributed by atoms with Crippen molar-refractivity contribution in [1.29, 1.82) is 0 Å². The fourth-order valence-corrected chi connectivity index (χ4v) is 3.58. The molecule has 0 aliphatic heterocycles. The van der Waals surface area contributed by atoms with Crippen molar-refractivity contribution in [2.75, 3.05) is 7.11 Å². The predicted octanol–water partition coefficient (Wildman–Crippen LogP) is 4.89. The van der Waals surface area contributed by atoms with E-state index in [9.17, 15) is 9.18 Å². The van der Waals surface area contributed by atoms with Crippen LogP contribution in [0, 0.1) is 5.82 Å². The van der Waals surface area contributed by atoms with Gasteiger partial charge in [0, 0.05) is 11.5 Å². The van der Waals surface area contributed by atoms with Crippen LogP contribution in [0.25, 0.3) is 28.0 Å².